The van der Waals surface area contributed by atoms with Gasteiger partial charge in [-0.3, -0.25) is 0 Å². The molecule has 1 aliphatic heterocycles. The molecule has 2 aromatic carbocycles. The summed E-state index contributed by atoms with van der Waals surface area (Å²) < 4.78 is 19.4. The van der Waals surface area contributed by atoms with Gasteiger partial charge in [0.15, 0.2) is 0 Å². The second-order valence-electron chi connectivity index (χ2n) is 6.62. The molecule has 0 aliphatic carbocycles. The molecule has 3 nitrogen and oxygen atoms in total. The standard InChI is InChI=1S/C21H23FN2O/c1-2-3-12-25-16-7-4-14(5-8-16)20-21-17(10-11-23-20)18-13-15(22)6-9-19(18)24-21/h4-9,13,20,23-24H,2-3,10-12H2,1H3. The molecule has 2 heterocycles. The van der Waals surface area contributed by atoms with Gasteiger partial charge >= 0.3 is 0 Å². The van der Waals surface area contributed by atoms with Crippen LogP contribution < -0.4 is 10.1 Å². The van der Waals surface area contributed by atoms with Crippen molar-refractivity contribution in [2.45, 2.75) is 32.2 Å². The van der Waals surface area contributed by atoms with Gasteiger partial charge in [0.1, 0.15) is 11.6 Å². The fraction of sp³-hybridized carbons (Fsp3) is 0.333. The summed E-state index contributed by atoms with van der Waals surface area (Å²) in [7, 11) is 0. The predicted molar refractivity (Wildman–Crippen MR) is 98.7 cm³/mol. The summed E-state index contributed by atoms with van der Waals surface area (Å²) >= 11 is 0. The molecule has 1 aliphatic rings. The highest BCUT2D eigenvalue weighted by Gasteiger charge is 2.25. The summed E-state index contributed by atoms with van der Waals surface area (Å²) in [6.45, 7) is 3.80. The topological polar surface area (TPSA) is 37.0 Å². The van der Waals surface area contributed by atoms with Gasteiger partial charge in [0.2, 0.25) is 0 Å². The van der Waals surface area contributed by atoms with Crippen LogP contribution in [0.1, 0.15) is 42.6 Å². The molecule has 1 atom stereocenters. The highest BCUT2D eigenvalue weighted by Crippen LogP contribution is 2.34. The second kappa shape index (κ2) is 6.89. The van der Waals surface area contributed by atoms with Gasteiger partial charge in [-0.25, -0.2) is 4.39 Å². The Bertz CT molecular complexity index is 869. The first kappa shape index (κ1) is 16.2. The molecule has 0 radical (unpaired) electrons. The fourth-order valence-electron chi connectivity index (χ4n) is 3.58. The van der Waals surface area contributed by atoms with E-state index in [2.05, 4.69) is 29.4 Å². The van der Waals surface area contributed by atoms with Crippen LogP contribution in [0.4, 0.5) is 4.39 Å². The molecule has 1 aromatic heterocycles. The van der Waals surface area contributed by atoms with Gasteiger partial charge in [0.05, 0.1) is 12.6 Å². The van der Waals surface area contributed by atoms with Gasteiger partial charge in [-0.05, 0) is 54.3 Å². The van der Waals surface area contributed by atoms with Crippen LogP contribution in [-0.2, 0) is 6.42 Å². The molecule has 1 unspecified atom stereocenters. The second-order valence-corrected chi connectivity index (χ2v) is 6.62. The number of fused-ring (bicyclic) bond motifs is 3. The Morgan fingerprint density at radius 2 is 2.00 bits per heavy atom. The van der Waals surface area contributed by atoms with E-state index >= 15 is 0 Å². The van der Waals surface area contributed by atoms with Gasteiger partial charge in [-0.2, -0.15) is 0 Å². The molecule has 0 saturated heterocycles. The van der Waals surface area contributed by atoms with Gasteiger partial charge in [0, 0.05) is 23.1 Å². The van der Waals surface area contributed by atoms with Crippen LogP contribution in [-0.4, -0.2) is 18.1 Å². The third-order valence-electron chi connectivity index (χ3n) is 4.89. The predicted octanol–water partition coefficient (Wildman–Crippen LogP) is 4.72. The number of ether oxygens (including phenoxy) is 1. The maximum absolute atomic E-state index is 13.6. The van der Waals surface area contributed by atoms with E-state index in [1.165, 1.54) is 17.2 Å². The summed E-state index contributed by atoms with van der Waals surface area (Å²) in [5.74, 6) is 0.727. The molecule has 130 valence electrons. The Labute approximate surface area is 147 Å². The monoisotopic (exact) mass is 338 g/mol. The van der Waals surface area contributed by atoms with Crippen molar-refractivity contribution >= 4 is 10.9 Å². The van der Waals surface area contributed by atoms with Gasteiger partial charge in [-0.1, -0.05) is 25.5 Å². The molecule has 3 aromatic rings. The molecule has 0 fully saturated rings. The smallest absolute Gasteiger partial charge is 0.123 e. The van der Waals surface area contributed by atoms with Gasteiger partial charge in [-0.15, -0.1) is 0 Å². The van der Waals surface area contributed by atoms with Crippen molar-refractivity contribution in [3.05, 3.63) is 65.1 Å². The number of nitrogens with one attached hydrogen (secondary N) is 2. The first-order valence-corrected chi connectivity index (χ1v) is 9.02. The average Bonchev–Trinajstić information content (AvgIpc) is 3.00. The van der Waals surface area contributed by atoms with Crippen LogP contribution in [0.5, 0.6) is 5.75 Å². The van der Waals surface area contributed by atoms with E-state index in [9.17, 15) is 4.39 Å². The molecule has 0 bridgehead atoms. The summed E-state index contributed by atoms with van der Waals surface area (Å²) in [6, 6.07) is 13.4. The van der Waals surface area contributed by atoms with E-state index in [0.29, 0.717) is 0 Å². The van der Waals surface area contributed by atoms with Crippen molar-refractivity contribution in [2.24, 2.45) is 0 Å². The lowest BCUT2D eigenvalue weighted by molar-refractivity contribution is 0.309. The van der Waals surface area contributed by atoms with E-state index < -0.39 is 0 Å². The number of unbranched alkanes of at least 4 members (excludes halogenated alkanes) is 1. The highest BCUT2D eigenvalue weighted by atomic mass is 19.1. The Morgan fingerprint density at radius 1 is 1.16 bits per heavy atom. The lowest BCUT2D eigenvalue weighted by Gasteiger charge is -2.25. The first-order valence-electron chi connectivity index (χ1n) is 9.02. The molecule has 2 N–H and O–H groups in total. The minimum Gasteiger partial charge on any atom is -0.494 e. The quantitative estimate of drug-likeness (QED) is 0.661. The lowest BCUT2D eigenvalue weighted by atomic mass is 9.94. The zero-order chi connectivity index (χ0) is 17.2. The van der Waals surface area contributed by atoms with Crippen molar-refractivity contribution in [1.82, 2.24) is 10.3 Å². The van der Waals surface area contributed by atoms with Crippen LogP contribution >= 0.6 is 0 Å². The average molecular weight is 338 g/mol. The Hall–Kier alpha value is -2.33. The lowest BCUT2D eigenvalue weighted by Crippen LogP contribution is -2.30. The van der Waals surface area contributed by atoms with Gasteiger partial charge < -0.3 is 15.0 Å². The number of H-pyrrole nitrogens is 1. The number of hydrogen-bond donors (Lipinski definition) is 2. The van der Waals surface area contributed by atoms with Crippen LogP contribution in [0, 0.1) is 5.82 Å². The molecule has 4 heteroatoms. The third kappa shape index (κ3) is 3.14. The molecular weight excluding hydrogens is 315 g/mol. The van der Waals surface area contributed by atoms with E-state index in [4.69, 9.17) is 4.74 Å². The first-order chi connectivity index (χ1) is 12.3. The minimum absolute atomic E-state index is 0.101. The number of hydrogen-bond acceptors (Lipinski definition) is 2. The number of benzene rings is 2. The summed E-state index contributed by atoms with van der Waals surface area (Å²) in [5.41, 5.74) is 4.56. The normalized spacial score (nSPS) is 16.8. The van der Waals surface area contributed by atoms with E-state index in [1.54, 1.807) is 6.07 Å². The largest absolute Gasteiger partial charge is 0.494 e. The molecule has 0 spiro atoms. The number of aromatic amines is 1. The number of aromatic nitrogens is 1. The minimum atomic E-state index is -0.182. The Balaban J connectivity index is 1.63. The van der Waals surface area contributed by atoms with Crippen LogP contribution in [0.25, 0.3) is 10.9 Å². The molecule has 25 heavy (non-hydrogen) atoms. The van der Waals surface area contributed by atoms with Crippen molar-refractivity contribution in [3.8, 4) is 5.75 Å². The van der Waals surface area contributed by atoms with Crippen LogP contribution in [0.2, 0.25) is 0 Å². The SMILES string of the molecule is CCCCOc1ccc(C2NCCc3c2[nH]c2ccc(F)cc32)cc1. The zero-order valence-electron chi connectivity index (χ0n) is 14.4. The summed E-state index contributed by atoms with van der Waals surface area (Å²) in [4.78, 5) is 3.49. The number of halogens is 1. The van der Waals surface area contributed by atoms with Crippen LogP contribution in [0.15, 0.2) is 42.5 Å². The maximum atomic E-state index is 13.6. The van der Waals surface area contributed by atoms with Crippen molar-refractivity contribution in [1.29, 1.82) is 0 Å². The van der Waals surface area contributed by atoms with Crippen LogP contribution in [0.3, 0.4) is 0 Å². The Kier molecular flexibility index (Phi) is 4.45. The van der Waals surface area contributed by atoms with E-state index in [0.717, 1.165) is 54.8 Å². The number of rotatable bonds is 5. The van der Waals surface area contributed by atoms with E-state index in [-0.39, 0.29) is 11.9 Å². The summed E-state index contributed by atoms with van der Waals surface area (Å²) in [5, 5.41) is 4.57. The van der Waals surface area contributed by atoms with Crippen molar-refractivity contribution in [2.75, 3.05) is 13.2 Å². The molecular formula is C21H23FN2O. The molecule has 0 saturated carbocycles. The molecule has 0 amide bonds. The zero-order valence-corrected chi connectivity index (χ0v) is 14.4. The van der Waals surface area contributed by atoms with E-state index in [1.807, 2.05) is 18.2 Å². The Morgan fingerprint density at radius 3 is 2.80 bits per heavy atom. The molecule has 4 rings (SSSR count). The summed E-state index contributed by atoms with van der Waals surface area (Å²) in [6.07, 6.45) is 3.11. The maximum Gasteiger partial charge on any atom is 0.123 e. The highest BCUT2D eigenvalue weighted by molar-refractivity contribution is 5.85. The van der Waals surface area contributed by atoms with Crippen molar-refractivity contribution in [3.63, 3.8) is 0 Å². The fourth-order valence-corrected chi connectivity index (χ4v) is 3.58. The van der Waals surface area contributed by atoms with Crippen molar-refractivity contribution < 1.29 is 9.13 Å². The third-order valence-corrected chi connectivity index (χ3v) is 4.89. The van der Waals surface area contributed by atoms with Gasteiger partial charge in [0.25, 0.3) is 0 Å².